The molecule has 22 heavy (non-hydrogen) atoms. The summed E-state index contributed by atoms with van der Waals surface area (Å²) in [6.07, 6.45) is 14.3. The molecular formula is C21H34Sn. The Labute approximate surface area is 142 Å². The van der Waals surface area contributed by atoms with Gasteiger partial charge in [-0.1, -0.05) is 0 Å². The summed E-state index contributed by atoms with van der Waals surface area (Å²) in [6, 6.07) is 7.60. The molecule has 0 aliphatic heterocycles. The van der Waals surface area contributed by atoms with E-state index in [9.17, 15) is 0 Å². The molecule has 0 fully saturated rings. The Kier molecular flexibility index (Phi) is 7.53. The van der Waals surface area contributed by atoms with Crippen LogP contribution in [-0.2, 0) is 6.42 Å². The van der Waals surface area contributed by atoms with Crippen molar-refractivity contribution in [1.82, 2.24) is 0 Å². The fourth-order valence-corrected chi connectivity index (χ4v) is 19.9. The van der Waals surface area contributed by atoms with Gasteiger partial charge in [0.25, 0.3) is 0 Å². The Morgan fingerprint density at radius 2 is 1.45 bits per heavy atom. The molecule has 0 radical (unpaired) electrons. The minimum atomic E-state index is -2.20. The van der Waals surface area contributed by atoms with Crippen molar-refractivity contribution in [3.63, 3.8) is 0 Å². The molecule has 0 nitrogen and oxygen atoms in total. The summed E-state index contributed by atoms with van der Waals surface area (Å²) in [5, 5.41) is 0. The summed E-state index contributed by atoms with van der Waals surface area (Å²) in [5.74, 6) is 0. The van der Waals surface area contributed by atoms with Gasteiger partial charge < -0.3 is 0 Å². The van der Waals surface area contributed by atoms with Crippen molar-refractivity contribution in [2.75, 3.05) is 0 Å². The predicted octanol–water partition coefficient (Wildman–Crippen LogP) is 6.31. The zero-order valence-corrected chi connectivity index (χ0v) is 17.8. The molecular weight excluding hydrogens is 371 g/mol. The molecule has 0 heterocycles. The van der Waals surface area contributed by atoms with E-state index < -0.39 is 18.4 Å². The van der Waals surface area contributed by atoms with E-state index in [4.69, 9.17) is 0 Å². The monoisotopic (exact) mass is 406 g/mol. The first-order valence-corrected chi connectivity index (χ1v) is 17.0. The van der Waals surface area contributed by atoms with E-state index >= 15 is 0 Å². The SMILES string of the molecule is CCC[CH2][Sn]([CH2]CCC)([CH2]CCC)[c]1ccc2c(c1)C=CC2. The van der Waals surface area contributed by atoms with Gasteiger partial charge in [-0.05, 0) is 0 Å². The second-order valence-electron chi connectivity index (χ2n) is 7.11. The van der Waals surface area contributed by atoms with E-state index in [0.29, 0.717) is 0 Å². The number of fused-ring (bicyclic) bond motifs is 1. The number of rotatable bonds is 10. The molecule has 1 aromatic rings. The van der Waals surface area contributed by atoms with Gasteiger partial charge >= 0.3 is 142 Å². The first-order valence-electron chi connectivity index (χ1n) is 9.55. The van der Waals surface area contributed by atoms with Crippen LogP contribution in [0.5, 0.6) is 0 Å². The third-order valence-electron chi connectivity index (χ3n) is 5.42. The van der Waals surface area contributed by atoms with E-state index in [1.807, 2.05) is 3.58 Å². The molecule has 1 aliphatic rings. The molecule has 0 bridgehead atoms. The fourth-order valence-electron chi connectivity index (χ4n) is 3.93. The minimum absolute atomic E-state index is 1.15. The van der Waals surface area contributed by atoms with Crippen molar-refractivity contribution in [3.05, 3.63) is 35.4 Å². The van der Waals surface area contributed by atoms with Gasteiger partial charge in [-0.3, -0.25) is 0 Å². The van der Waals surface area contributed by atoms with Crippen molar-refractivity contribution in [2.45, 2.75) is 79.0 Å². The number of hydrogen-bond donors (Lipinski definition) is 0. The standard InChI is InChI=1S/C9H7.3C4H9.Sn/c1-2-5-9-7-3-6-8(9)4-1;3*1-3-4-2;/h1,3-5,7H,6H2;3*1,3-4H2,2H3;. The summed E-state index contributed by atoms with van der Waals surface area (Å²) >= 11 is -2.20. The van der Waals surface area contributed by atoms with E-state index in [2.05, 4.69) is 51.1 Å². The summed E-state index contributed by atoms with van der Waals surface area (Å²) in [7, 11) is 0. The summed E-state index contributed by atoms with van der Waals surface area (Å²) in [6.45, 7) is 7.09. The van der Waals surface area contributed by atoms with Gasteiger partial charge in [0.1, 0.15) is 0 Å². The average Bonchev–Trinajstić information content (AvgIpc) is 3.02. The number of hydrogen-bond acceptors (Lipinski definition) is 0. The molecule has 0 unspecified atom stereocenters. The van der Waals surface area contributed by atoms with Crippen molar-refractivity contribution in [2.24, 2.45) is 0 Å². The van der Waals surface area contributed by atoms with Gasteiger partial charge in [-0.15, -0.1) is 0 Å². The van der Waals surface area contributed by atoms with E-state index in [0.717, 1.165) is 6.42 Å². The summed E-state index contributed by atoms with van der Waals surface area (Å²) < 4.78 is 6.56. The number of benzene rings is 1. The molecule has 0 amide bonds. The van der Waals surface area contributed by atoms with Crippen LogP contribution in [-0.4, -0.2) is 18.4 Å². The Bertz CT molecular complexity index is 465. The Morgan fingerprint density at radius 3 is 2.00 bits per heavy atom. The van der Waals surface area contributed by atoms with Crippen LogP contribution in [0, 0.1) is 0 Å². The van der Waals surface area contributed by atoms with Gasteiger partial charge in [0, 0.05) is 0 Å². The average molecular weight is 405 g/mol. The van der Waals surface area contributed by atoms with Gasteiger partial charge in [-0.25, -0.2) is 0 Å². The number of unbranched alkanes of at least 4 members (excludes halogenated alkanes) is 3. The van der Waals surface area contributed by atoms with Gasteiger partial charge in [0.05, 0.1) is 0 Å². The normalized spacial score (nSPS) is 13.6. The van der Waals surface area contributed by atoms with Crippen LogP contribution in [0.2, 0.25) is 13.3 Å². The molecule has 0 saturated heterocycles. The van der Waals surface area contributed by atoms with Crippen LogP contribution in [0.25, 0.3) is 6.08 Å². The predicted molar refractivity (Wildman–Crippen MR) is 104 cm³/mol. The molecule has 0 atom stereocenters. The number of allylic oxidation sites excluding steroid dienone is 1. The molecule has 122 valence electrons. The van der Waals surface area contributed by atoms with E-state index in [-0.39, 0.29) is 0 Å². The van der Waals surface area contributed by atoms with Crippen molar-refractivity contribution < 1.29 is 0 Å². The fraction of sp³-hybridized carbons (Fsp3) is 0.619. The maximum absolute atomic E-state index is 2.61. The first-order chi connectivity index (χ1) is 10.8. The molecule has 1 aliphatic carbocycles. The third-order valence-corrected chi connectivity index (χ3v) is 21.0. The molecule has 0 N–H and O–H groups in total. The zero-order valence-electron chi connectivity index (χ0n) is 15.0. The molecule has 0 spiro atoms. The van der Waals surface area contributed by atoms with Gasteiger partial charge in [0.2, 0.25) is 0 Å². The molecule has 1 heteroatoms. The van der Waals surface area contributed by atoms with Crippen LogP contribution in [0.1, 0.15) is 70.4 Å². The van der Waals surface area contributed by atoms with E-state index in [1.165, 1.54) is 44.1 Å². The summed E-state index contributed by atoms with van der Waals surface area (Å²) in [4.78, 5) is 0. The second kappa shape index (κ2) is 9.15. The van der Waals surface area contributed by atoms with Crippen molar-refractivity contribution >= 4 is 28.0 Å². The van der Waals surface area contributed by atoms with Crippen molar-refractivity contribution in [1.29, 1.82) is 0 Å². The zero-order chi connectivity index (χ0) is 15.8. The Hall–Kier alpha value is -0.241. The van der Waals surface area contributed by atoms with Crippen LogP contribution in [0.3, 0.4) is 0 Å². The van der Waals surface area contributed by atoms with Crippen molar-refractivity contribution in [3.8, 4) is 0 Å². The van der Waals surface area contributed by atoms with Crippen LogP contribution in [0.15, 0.2) is 24.3 Å². The first kappa shape index (κ1) is 18.1. The molecule has 1 aromatic carbocycles. The molecule has 0 saturated carbocycles. The van der Waals surface area contributed by atoms with Crippen LogP contribution < -0.4 is 3.58 Å². The summed E-state index contributed by atoms with van der Waals surface area (Å²) in [5.41, 5.74) is 3.08. The van der Waals surface area contributed by atoms with Crippen LogP contribution >= 0.6 is 0 Å². The van der Waals surface area contributed by atoms with Gasteiger partial charge in [0.15, 0.2) is 0 Å². The topological polar surface area (TPSA) is 0 Å². The third kappa shape index (κ3) is 4.40. The van der Waals surface area contributed by atoms with Gasteiger partial charge in [-0.2, -0.15) is 0 Å². The van der Waals surface area contributed by atoms with Crippen LogP contribution in [0.4, 0.5) is 0 Å². The van der Waals surface area contributed by atoms with E-state index in [1.54, 1.807) is 18.9 Å². The quantitative estimate of drug-likeness (QED) is 0.400. The molecule has 2 rings (SSSR count). The Morgan fingerprint density at radius 1 is 0.864 bits per heavy atom. The molecule has 0 aromatic heterocycles. The Balaban J connectivity index is 2.32. The maximum atomic E-state index is 2.61. The second-order valence-corrected chi connectivity index (χ2v) is 20.3.